The summed E-state index contributed by atoms with van der Waals surface area (Å²) in [6.07, 6.45) is 11.1. The third kappa shape index (κ3) is 1.64. The van der Waals surface area contributed by atoms with E-state index in [1.165, 1.54) is 31.3 Å². The average molecular weight is 355 g/mol. The molecule has 0 amide bonds. The first kappa shape index (κ1) is 16.3. The molecule has 5 saturated carbocycles. The molecule has 2 nitrogen and oxygen atoms in total. The van der Waals surface area contributed by atoms with Gasteiger partial charge in [-0.15, -0.1) is 0 Å². The van der Waals surface area contributed by atoms with E-state index in [-0.39, 0.29) is 10.8 Å². The van der Waals surface area contributed by atoms with Gasteiger partial charge in [0.15, 0.2) is 5.78 Å². The number of ketones is 1. The third-order valence-electron chi connectivity index (χ3n) is 10.5. The summed E-state index contributed by atoms with van der Waals surface area (Å²) in [7, 11) is 0. The highest BCUT2D eigenvalue weighted by Crippen LogP contribution is 2.81. The van der Waals surface area contributed by atoms with Gasteiger partial charge in [-0.3, -0.25) is 4.79 Å². The number of aliphatic hydroxyl groups is 1. The first-order valence-corrected chi connectivity index (χ1v) is 11.3. The molecule has 0 aromatic rings. The van der Waals surface area contributed by atoms with Crippen molar-refractivity contribution in [3.63, 3.8) is 0 Å². The summed E-state index contributed by atoms with van der Waals surface area (Å²) in [5.41, 5.74) is 1.56. The van der Waals surface area contributed by atoms with Crippen LogP contribution in [0.15, 0.2) is 11.6 Å². The SMILES string of the molecule is CCC[C@]1(O)C2C[C@H]2C2C3C4C[C@H]4C4=CC(=O)CC[C@]4(C)C3CC[C@@]21C. The summed E-state index contributed by atoms with van der Waals surface area (Å²) in [4.78, 5) is 12.1. The number of hydrogen-bond acceptors (Lipinski definition) is 2. The fourth-order valence-electron chi connectivity index (χ4n) is 9.36. The molecule has 26 heavy (non-hydrogen) atoms. The molecule has 0 aliphatic heterocycles. The molecule has 0 aromatic carbocycles. The Labute approximate surface area is 157 Å². The van der Waals surface area contributed by atoms with E-state index in [2.05, 4.69) is 26.8 Å². The molecule has 0 aromatic heterocycles. The van der Waals surface area contributed by atoms with Gasteiger partial charge in [0, 0.05) is 6.42 Å². The summed E-state index contributed by atoms with van der Waals surface area (Å²) in [6.45, 7) is 7.20. The normalized spacial score (nSPS) is 61.6. The van der Waals surface area contributed by atoms with Crippen LogP contribution in [-0.4, -0.2) is 16.5 Å². The van der Waals surface area contributed by atoms with Gasteiger partial charge in [0.2, 0.25) is 0 Å². The highest BCUT2D eigenvalue weighted by atomic mass is 16.3. The number of fused-ring (bicyclic) bond motifs is 10. The number of rotatable bonds is 2. The number of allylic oxidation sites excluding steroid dienone is 1. The molecule has 142 valence electrons. The minimum absolute atomic E-state index is 0.146. The maximum absolute atomic E-state index is 12.1. The van der Waals surface area contributed by atoms with Gasteiger partial charge in [0.05, 0.1) is 5.60 Å². The van der Waals surface area contributed by atoms with Crippen molar-refractivity contribution < 1.29 is 9.90 Å². The number of hydrogen-bond donors (Lipinski definition) is 1. The van der Waals surface area contributed by atoms with Crippen LogP contribution in [0, 0.1) is 52.3 Å². The molecule has 6 rings (SSSR count). The van der Waals surface area contributed by atoms with Crippen molar-refractivity contribution >= 4 is 5.78 Å². The highest BCUT2D eigenvalue weighted by Gasteiger charge is 2.78. The molecule has 10 atom stereocenters. The Bertz CT molecular complexity index is 724. The Morgan fingerprint density at radius 2 is 1.96 bits per heavy atom. The van der Waals surface area contributed by atoms with Gasteiger partial charge in [0.25, 0.3) is 0 Å². The van der Waals surface area contributed by atoms with E-state index in [0.717, 1.165) is 55.3 Å². The standard InChI is InChI=1S/C24H34O2/c1-4-7-24(26)19-12-16(19)21-20-15-11-14(15)18-10-13(25)5-8-22(18,2)17(20)6-9-23(21,24)3/h10,14-17,19-21,26H,4-9,11-12H2,1-3H3/t14-,15?,16-,17?,19?,20?,21?,22-,23+,24+/m1/s1. The molecule has 5 unspecified atom stereocenters. The molecule has 6 aliphatic rings. The molecule has 2 heteroatoms. The summed E-state index contributed by atoms with van der Waals surface area (Å²) in [5.74, 6) is 5.60. The Kier molecular flexibility index (Phi) is 2.94. The van der Waals surface area contributed by atoms with Crippen molar-refractivity contribution in [2.75, 3.05) is 0 Å². The second-order valence-electron chi connectivity index (χ2n) is 11.3. The lowest BCUT2D eigenvalue weighted by Gasteiger charge is -2.60. The Morgan fingerprint density at radius 3 is 2.73 bits per heavy atom. The van der Waals surface area contributed by atoms with Crippen molar-refractivity contribution in [2.24, 2.45) is 52.3 Å². The van der Waals surface area contributed by atoms with Crippen molar-refractivity contribution in [1.82, 2.24) is 0 Å². The quantitative estimate of drug-likeness (QED) is 0.776. The Hall–Kier alpha value is -0.630. The second kappa shape index (κ2) is 4.67. The van der Waals surface area contributed by atoms with Crippen LogP contribution in [-0.2, 0) is 4.79 Å². The molecule has 0 spiro atoms. The largest absolute Gasteiger partial charge is 0.389 e. The summed E-state index contributed by atoms with van der Waals surface area (Å²) < 4.78 is 0. The van der Waals surface area contributed by atoms with Crippen LogP contribution in [0.3, 0.4) is 0 Å². The van der Waals surface area contributed by atoms with Gasteiger partial charge in [-0.2, -0.15) is 0 Å². The molecular weight excluding hydrogens is 320 g/mol. The van der Waals surface area contributed by atoms with Gasteiger partial charge in [-0.25, -0.2) is 0 Å². The van der Waals surface area contributed by atoms with E-state index >= 15 is 0 Å². The van der Waals surface area contributed by atoms with E-state index in [9.17, 15) is 9.90 Å². The first-order valence-electron chi connectivity index (χ1n) is 11.3. The van der Waals surface area contributed by atoms with Crippen LogP contribution in [0.4, 0.5) is 0 Å². The maximum atomic E-state index is 12.1. The van der Waals surface area contributed by atoms with Gasteiger partial charge < -0.3 is 5.11 Å². The molecule has 0 bridgehead atoms. The van der Waals surface area contributed by atoms with Gasteiger partial charge in [0.1, 0.15) is 0 Å². The lowest BCUT2D eigenvalue weighted by molar-refractivity contribution is -0.154. The van der Waals surface area contributed by atoms with E-state index in [1.54, 1.807) is 0 Å². The van der Waals surface area contributed by atoms with Gasteiger partial charge >= 0.3 is 0 Å². The number of carbonyl (C=O) groups excluding carboxylic acids is 1. The average Bonchev–Trinajstić information content (AvgIpc) is 3.49. The topological polar surface area (TPSA) is 37.3 Å². The predicted octanol–water partition coefficient (Wildman–Crippen LogP) is 4.76. The van der Waals surface area contributed by atoms with E-state index in [4.69, 9.17) is 0 Å². The van der Waals surface area contributed by atoms with Crippen molar-refractivity contribution in [3.8, 4) is 0 Å². The molecule has 0 heterocycles. The summed E-state index contributed by atoms with van der Waals surface area (Å²) in [6, 6.07) is 0. The minimum Gasteiger partial charge on any atom is -0.389 e. The van der Waals surface area contributed by atoms with Crippen LogP contribution in [0.25, 0.3) is 0 Å². The van der Waals surface area contributed by atoms with Crippen molar-refractivity contribution in [2.45, 2.75) is 77.7 Å². The fraction of sp³-hybridized carbons (Fsp3) is 0.875. The Morgan fingerprint density at radius 1 is 1.15 bits per heavy atom. The molecule has 0 saturated heterocycles. The number of carbonyl (C=O) groups is 1. The third-order valence-corrected chi connectivity index (χ3v) is 10.5. The molecular formula is C24H34O2. The highest BCUT2D eigenvalue weighted by molar-refractivity contribution is 5.92. The van der Waals surface area contributed by atoms with Crippen LogP contribution in [0.5, 0.6) is 0 Å². The van der Waals surface area contributed by atoms with Gasteiger partial charge in [-0.05, 0) is 96.9 Å². The molecule has 6 aliphatic carbocycles. The first-order chi connectivity index (χ1) is 12.3. The Balaban J connectivity index is 1.43. The van der Waals surface area contributed by atoms with Crippen LogP contribution in [0.2, 0.25) is 0 Å². The van der Waals surface area contributed by atoms with Crippen LogP contribution < -0.4 is 0 Å². The zero-order chi connectivity index (χ0) is 18.1. The van der Waals surface area contributed by atoms with E-state index in [0.29, 0.717) is 17.6 Å². The van der Waals surface area contributed by atoms with Crippen molar-refractivity contribution in [3.05, 3.63) is 11.6 Å². The smallest absolute Gasteiger partial charge is 0.155 e. The molecule has 1 N–H and O–H groups in total. The van der Waals surface area contributed by atoms with E-state index in [1.807, 2.05) is 0 Å². The fourth-order valence-corrected chi connectivity index (χ4v) is 9.36. The van der Waals surface area contributed by atoms with Crippen LogP contribution in [0.1, 0.15) is 72.1 Å². The minimum atomic E-state index is -0.397. The summed E-state index contributed by atoms with van der Waals surface area (Å²) in [5, 5.41) is 11.8. The van der Waals surface area contributed by atoms with Crippen LogP contribution >= 0.6 is 0 Å². The summed E-state index contributed by atoms with van der Waals surface area (Å²) >= 11 is 0. The monoisotopic (exact) mass is 354 g/mol. The lowest BCUT2D eigenvalue weighted by atomic mass is 9.45. The predicted molar refractivity (Wildman–Crippen MR) is 101 cm³/mol. The molecule has 0 radical (unpaired) electrons. The van der Waals surface area contributed by atoms with Crippen molar-refractivity contribution in [1.29, 1.82) is 0 Å². The van der Waals surface area contributed by atoms with Gasteiger partial charge in [-0.1, -0.05) is 32.8 Å². The zero-order valence-corrected chi connectivity index (χ0v) is 16.6. The van der Waals surface area contributed by atoms with E-state index < -0.39 is 5.60 Å². The lowest BCUT2D eigenvalue weighted by Crippen LogP contribution is -2.57. The zero-order valence-electron chi connectivity index (χ0n) is 16.6. The maximum Gasteiger partial charge on any atom is 0.155 e. The molecule has 5 fully saturated rings. The second-order valence-corrected chi connectivity index (χ2v) is 11.3.